The second kappa shape index (κ2) is 11.3. The lowest BCUT2D eigenvalue weighted by molar-refractivity contribution is 0.269. The van der Waals surface area contributed by atoms with Crippen molar-refractivity contribution >= 4 is 23.2 Å². The highest BCUT2D eigenvalue weighted by Crippen LogP contribution is 2.30. The molecule has 0 bridgehead atoms. The quantitative estimate of drug-likeness (QED) is 0.456. The Labute approximate surface area is 166 Å². The van der Waals surface area contributed by atoms with E-state index in [9.17, 15) is 0 Å². The smallest absolute Gasteiger partial charge is 0.161 e. The number of ether oxygens (including phenoxy) is 2. The molecule has 2 rings (SSSR count). The van der Waals surface area contributed by atoms with Gasteiger partial charge in [0.25, 0.3) is 0 Å². The highest BCUT2D eigenvalue weighted by Gasteiger charge is 2.08. The SMILES string of the molecule is CCCCCNCc1ccc(OCc2ccc(Cl)c(Cl)c2)c(OCC)c1. The molecule has 0 fully saturated rings. The molecule has 1 N–H and O–H groups in total. The molecule has 0 atom stereocenters. The fourth-order valence-corrected chi connectivity index (χ4v) is 2.89. The molecule has 0 spiro atoms. The summed E-state index contributed by atoms with van der Waals surface area (Å²) in [6.07, 6.45) is 3.71. The van der Waals surface area contributed by atoms with Crippen molar-refractivity contribution in [2.45, 2.75) is 46.3 Å². The minimum Gasteiger partial charge on any atom is -0.490 e. The molecule has 0 saturated heterocycles. The van der Waals surface area contributed by atoms with Gasteiger partial charge in [-0.05, 0) is 55.3 Å². The van der Waals surface area contributed by atoms with Crippen molar-refractivity contribution in [3.05, 3.63) is 57.6 Å². The van der Waals surface area contributed by atoms with Crippen molar-refractivity contribution in [3.63, 3.8) is 0 Å². The van der Waals surface area contributed by atoms with Crippen molar-refractivity contribution in [3.8, 4) is 11.5 Å². The van der Waals surface area contributed by atoms with Crippen LogP contribution in [-0.4, -0.2) is 13.2 Å². The maximum atomic E-state index is 6.06. The van der Waals surface area contributed by atoms with E-state index >= 15 is 0 Å². The summed E-state index contributed by atoms with van der Waals surface area (Å²) in [6, 6.07) is 11.6. The first kappa shape index (κ1) is 20.9. The molecular formula is C21H27Cl2NO2. The number of unbranched alkanes of at least 4 members (excludes halogenated alkanes) is 2. The monoisotopic (exact) mass is 395 g/mol. The maximum Gasteiger partial charge on any atom is 0.161 e. The number of benzene rings is 2. The first-order valence-corrected chi connectivity index (χ1v) is 9.92. The first-order valence-electron chi connectivity index (χ1n) is 9.17. The molecule has 142 valence electrons. The second-order valence-electron chi connectivity index (χ2n) is 6.14. The summed E-state index contributed by atoms with van der Waals surface area (Å²) in [7, 11) is 0. The molecule has 0 aliphatic carbocycles. The Morgan fingerprint density at radius 2 is 1.65 bits per heavy atom. The maximum absolute atomic E-state index is 6.06. The van der Waals surface area contributed by atoms with E-state index in [1.165, 1.54) is 24.8 Å². The van der Waals surface area contributed by atoms with Gasteiger partial charge in [0.2, 0.25) is 0 Å². The van der Waals surface area contributed by atoms with E-state index in [2.05, 4.69) is 18.3 Å². The molecule has 2 aromatic rings. The van der Waals surface area contributed by atoms with Crippen LogP contribution in [0.1, 0.15) is 44.2 Å². The Bertz CT molecular complexity index is 692. The minimum atomic E-state index is 0.408. The van der Waals surface area contributed by atoms with E-state index in [1.54, 1.807) is 6.07 Å². The first-order chi connectivity index (χ1) is 12.6. The lowest BCUT2D eigenvalue weighted by Gasteiger charge is -2.14. The van der Waals surface area contributed by atoms with Crippen molar-refractivity contribution < 1.29 is 9.47 Å². The van der Waals surface area contributed by atoms with Crippen molar-refractivity contribution in [2.75, 3.05) is 13.2 Å². The lowest BCUT2D eigenvalue weighted by Crippen LogP contribution is -2.14. The van der Waals surface area contributed by atoms with Crippen molar-refractivity contribution in [1.29, 1.82) is 0 Å². The molecule has 0 amide bonds. The Morgan fingerprint density at radius 3 is 2.38 bits per heavy atom. The second-order valence-corrected chi connectivity index (χ2v) is 6.95. The number of nitrogens with one attached hydrogen (secondary N) is 1. The molecular weight excluding hydrogens is 369 g/mol. The van der Waals surface area contributed by atoms with Crippen LogP contribution in [0, 0.1) is 0 Å². The van der Waals surface area contributed by atoms with Gasteiger partial charge in [0.1, 0.15) is 6.61 Å². The molecule has 0 aliphatic rings. The normalized spacial score (nSPS) is 10.8. The van der Waals surface area contributed by atoms with Crippen LogP contribution in [0.5, 0.6) is 11.5 Å². The summed E-state index contributed by atoms with van der Waals surface area (Å²) >= 11 is 12.0. The summed E-state index contributed by atoms with van der Waals surface area (Å²) in [5.74, 6) is 1.49. The Balaban J connectivity index is 1.97. The molecule has 0 aromatic heterocycles. The van der Waals surface area contributed by atoms with E-state index in [1.807, 2.05) is 31.2 Å². The van der Waals surface area contributed by atoms with E-state index in [0.717, 1.165) is 30.2 Å². The molecule has 0 unspecified atom stereocenters. The third-order valence-corrected chi connectivity index (χ3v) is 4.71. The Morgan fingerprint density at radius 1 is 0.846 bits per heavy atom. The third kappa shape index (κ3) is 6.71. The lowest BCUT2D eigenvalue weighted by atomic mass is 10.2. The zero-order chi connectivity index (χ0) is 18.8. The van der Waals surface area contributed by atoms with Crippen LogP contribution in [0.4, 0.5) is 0 Å². The van der Waals surface area contributed by atoms with Gasteiger partial charge in [-0.1, -0.05) is 55.1 Å². The van der Waals surface area contributed by atoms with Crippen LogP contribution in [-0.2, 0) is 13.2 Å². The molecule has 0 aliphatic heterocycles. The molecule has 3 nitrogen and oxygen atoms in total. The zero-order valence-corrected chi connectivity index (χ0v) is 17.0. The predicted octanol–water partition coefficient (Wildman–Crippen LogP) is 6.25. The third-order valence-electron chi connectivity index (χ3n) is 3.97. The van der Waals surface area contributed by atoms with Gasteiger partial charge in [0, 0.05) is 6.54 Å². The molecule has 26 heavy (non-hydrogen) atoms. The van der Waals surface area contributed by atoms with Gasteiger partial charge in [0.05, 0.1) is 16.7 Å². The molecule has 2 aromatic carbocycles. The van der Waals surface area contributed by atoms with E-state index in [4.69, 9.17) is 32.7 Å². The number of hydrogen-bond donors (Lipinski definition) is 1. The number of rotatable bonds is 11. The van der Waals surface area contributed by atoms with Crippen LogP contribution in [0.25, 0.3) is 0 Å². The zero-order valence-electron chi connectivity index (χ0n) is 15.5. The number of hydrogen-bond acceptors (Lipinski definition) is 3. The Kier molecular flexibility index (Phi) is 9.10. The summed E-state index contributed by atoms with van der Waals surface area (Å²) in [5, 5.41) is 4.54. The standard InChI is InChI=1S/C21H27Cl2NO2/c1-3-5-6-11-24-14-16-8-10-20(21(13-16)25-4-2)26-15-17-7-9-18(22)19(23)12-17/h7-10,12-13,24H,3-6,11,14-15H2,1-2H3. The van der Waals surface area contributed by atoms with Gasteiger partial charge in [0.15, 0.2) is 11.5 Å². The molecule has 0 heterocycles. The van der Waals surface area contributed by atoms with Gasteiger partial charge in [-0.3, -0.25) is 0 Å². The summed E-state index contributed by atoms with van der Waals surface area (Å²) in [6.45, 7) is 7.05. The molecule has 0 saturated carbocycles. The predicted molar refractivity (Wildman–Crippen MR) is 110 cm³/mol. The summed E-state index contributed by atoms with van der Waals surface area (Å²) < 4.78 is 11.7. The molecule has 0 radical (unpaired) electrons. The van der Waals surface area contributed by atoms with Gasteiger partial charge >= 0.3 is 0 Å². The fourth-order valence-electron chi connectivity index (χ4n) is 2.57. The van der Waals surface area contributed by atoms with Crippen LogP contribution >= 0.6 is 23.2 Å². The van der Waals surface area contributed by atoms with Crippen molar-refractivity contribution in [1.82, 2.24) is 5.32 Å². The van der Waals surface area contributed by atoms with E-state index in [0.29, 0.717) is 23.3 Å². The van der Waals surface area contributed by atoms with Gasteiger partial charge in [-0.2, -0.15) is 0 Å². The summed E-state index contributed by atoms with van der Waals surface area (Å²) in [5.41, 5.74) is 2.15. The highest BCUT2D eigenvalue weighted by molar-refractivity contribution is 6.42. The van der Waals surface area contributed by atoms with E-state index in [-0.39, 0.29) is 0 Å². The molecule has 5 heteroatoms. The van der Waals surface area contributed by atoms with Crippen molar-refractivity contribution in [2.24, 2.45) is 0 Å². The van der Waals surface area contributed by atoms with Gasteiger partial charge < -0.3 is 14.8 Å². The topological polar surface area (TPSA) is 30.5 Å². The average Bonchev–Trinajstić information content (AvgIpc) is 2.64. The van der Waals surface area contributed by atoms with Crippen LogP contribution < -0.4 is 14.8 Å². The van der Waals surface area contributed by atoms with Gasteiger partial charge in [-0.25, -0.2) is 0 Å². The van der Waals surface area contributed by atoms with E-state index < -0.39 is 0 Å². The number of halogens is 2. The minimum absolute atomic E-state index is 0.408. The summed E-state index contributed by atoms with van der Waals surface area (Å²) in [4.78, 5) is 0. The van der Waals surface area contributed by atoms with Crippen LogP contribution in [0.15, 0.2) is 36.4 Å². The Hall–Kier alpha value is -1.42. The fraction of sp³-hybridized carbons (Fsp3) is 0.429. The average molecular weight is 396 g/mol. The highest BCUT2D eigenvalue weighted by atomic mass is 35.5. The van der Waals surface area contributed by atoms with Crippen LogP contribution in [0.3, 0.4) is 0 Å². The van der Waals surface area contributed by atoms with Gasteiger partial charge in [-0.15, -0.1) is 0 Å². The largest absolute Gasteiger partial charge is 0.490 e. The van der Waals surface area contributed by atoms with Crippen LogP contribution in [0.2, 0.25) is 10.0 Å².